The number of hydrazine groups is 1. The molecule has 1 aliphatic rings. The molecule has 1 fully saturated rings. The Morgan fingerprint density at radius 3 is 2.88 bits per heavy atom. The molecule has 1 aliphatic carbocycles. The molecule has 96 valence electrons. The molecule has 0 amide bonds. The third-order valence-electron chi connectivity index (χ3n) is 3.70. The third-order valence-corrected chi connectivity index (χ3v) is 3.70. The van der Waals surface area contributed by atoms with Crippen molar-refractivity contribution in [2.45, 2.75) is 58.0 Å². The average molecular weight is 237 g/mol. The molecule has 0 spiro atoms. The summed E-state index contributed by atoms with van der Waals surface area (Å²) in [5.41, 5.74) is 4.11. The summed E-state index contributed by atoms with van der Waals surface area (Å²) in [5.74, 6) is 6.37. The molecule has 3 N–H and O–H groups in total. The molecule has 2 rings (SSSR count). The number of hydrogen-bond donors (Lipinski definition) is 2. The predicted molar refractivity (Wildman–Crippen MR) is 67.0 cm³/mol. The first kappa shape index (κ1) is 12.5. The van der Waals surface area contributed by atoms with Crippen molar-refractivity contribution in [1.29, 1.82) is 0 Å². The van der Waals surface area contributed by atoms with Crippen molar-refractivity contribution < 1.29 is 0 Å². The average Bonchev–Trinajstić information content (AvgIpc) is 2.81. The second-order valence-corrected chi connectivity index (χ2v) is 4.92. The van der Waals surface area contributed by atoms with Gasteiger partial charge in [0, 0.05) is 6.54 Å². The minimum absolute atomic E-state index is 0.205. The van der Waals surface area contributed by atoms with Crippen LogP contribution in [-0.4, -0.2) is 15.0 Å². The van der Waals surface area contributed by atoms with Gasteiger partial charge in [-0.25, -0.2) is 4.68 Å². The van der Waals surface area contributed by atoms with Crippen molar-refractivity contribution in [3.63, 3.8) is 0 Å². The molecule has 17 heavy (non-hydrogen) atoms. The lowest BCUT2D eigenvalue weighted by atomic mass is 9.83. The van der Waals surface area contributed by atoms with E-state index in [2.05, 4.69) is 22.7 Å². The van der Waals surface area contributed by atoms with Crippen molar-refractivity contribution in [2.24, 2.45) is 11.8 Å². The Hall–Kier alpha value is -0.940. The van der Waals surface area contributed by atoms with Crippen LogP contribution in [0.3, 0.4) is 0 Å². The van der Waals surface area contributed by atoms with Crippen LogP contribution in [0.4, 0.5) is 0 Å². The van der Waals surface area contributed by atoms with Crippen LogP contribution in [0.5, 0.6) is 0 Å². The molecule has 1 aromatic rings. The van der Waals surface area contributed by atoms with Crippen molar-refractivity contribution in [3.05, 3.63) is 11.9 Å². The van der Waals surface area contributed by atoms with E-state index in [-0.39, 0.29) is 6.04 Å². The van der Waals surface area contributed by atoms with Crippen LogP contribution >= 0.6 is 0 Å². The van der Waals surface area contributed by atoms with E-state index >= 15 is 0 Å². The maximum atomic E-state index is 5.74. The highest BCUT2D eigenvalue weighted by atomic mass is 15.4. The first-order valence-corrected chi connectivity index (χ1v) is 6.71. The quantitative estimate of drug-likeness (QED) is 0.605. The van der Waals surface area contributed by atoms with Gasteiger partial charge in [-0.15, -0.1) is 5.10 Å². The maximum absolute atomic E-state index is 5.74. The van der Waals surface area contributed by atoms with Gasteiger partial charge in [-0.1, -0.05) is 31.4 Å². The van der Waals surface area contributed by atoms with E-state index in [0.29, 0.717) is 5.92 Å². The first-order valence-electron chi connectivity index (χ1n) is 6.71. The van der Waals surface area contributed by atoms with E-state index < -0.39 is 0 Å². The van der Waals surface area contributed by atoms with Crippen molar-refractivity contribution in [3.8, 4) is 0 Å². The van der Waals surface area contributed by atoms with Crippen molar-refractivity contribution in [1.82, 2.24) is 20.4 Å². The lowest BCUT2D eigenvalue weighted by molar-refractivity contribution is 0.262. The summed E-state index contributed by atoms with van der Waals surface area (Å²) >= 11 is 0. The summed E-state index contributed by atoms with van der Waals surface area (Å²) in [6.45, 7) is 3.07. The molecule has 1 unspecified atom stereocenters. The number of aryl methyl sites for hydroxylation is 1. The number of aromatic nitrogens is 3. The molecule has 1 aromatic heterocycles. The van der Waals surface area contributed by atoms with E-state index in [1.54, 1.807) is 0 Å². The fraction of sp³-hybridized carbons (Fsp3) is 0.833. The first-order chi connectivity index (χ1) is 8.36. The molecule has 1 atom stereocenters. The molecule has 5 nitrogen and oxygen atoms in total. The largest absolute Gasteiger partial charge is 0.271 e. The minimum atomic E-state index is 0.205. The van der Waals surface area contributed by atoms with Gasteiger partial charge in [0.25, 0.3) is 0 Å². The molecule has 0 bridgehead atoms. The van der Waals surface area contributed by atoms with Gasteiger partial charge in [0.1, 0.15) is 0 Å². The number of nitrogens with one attached hydrogen (secondary N) is 1. The maximum Gasteiger partial charge on any atom is 0.0772 e. The normalized spacial score (nSPS) is 19.4. The summed E-state index contributed by atoms with van der Waals surface area (Å²) in [5, 5.41) is 8.16. The summed E-state index contributed by atoms with van der Waals surface area (Å²) < 4.78 is 1.99. The Morgan fingerprint density at radius 2 is 2.24 bits per heavy atom. The van der Waals surface area contributed by atoms with Gasteiger partial charge >= 0.3 is 0 Å². The molecule has 1 saturated carbocycles. The topological polar surface area (TPSA) is 68.8 Å². The number of hydrogen-bond acceptors (Lipinski definition) is 4. The second kappa shape index (κ2) is 6.12. The lowest BCUT2D eigenvalue weighted by Crippen LogP contribution is -2.36. The van der Waals surface area contributed by atoms with E-state index in [1.807, 2.05) is 10.9 Å². The predicted octanol–water partition coefficient (Wildman–Crippen LogP) is 1.77. The highest BCUT2D eigenvalue weighted by molar-refractivity contribution is 5.04. The Bertz CT molecular complexity index is 329. The van der Waals surface area contributed by atoms with E-state index in [4.69, 9.17) is 5.84 Å². The summed E-state index contributed by atoms with van der Waals surface area (Å²) in [4.78, 5) is 0. The van der Waals surface area contributed by atoms with Crippen LogP contribution in [0.25, 0.3) is 0 Å². The van der Waals surface area contributed by atoms with Crippen molar-refractivity contribution in [2.75, 3.05) is 0 Å². The van der Waals surface area contributed by atoms with Crippen LogP contribution < -0.4 is 11.3 Å². The van der Waals surface area contributed by atoms with Gasteiger partial charge in [0.05, 0.1) is 17.9 Å². The second-order valence-electron chi connectivity index (χ2n) is 4.92. The lowest BCUT2D eigenvalue weighted by Gasteiger charge is -2.29. The molecule has 0 radical (unpaired) electrons. The molecule has 1 heterocycles. The Kier molecular flexibility index (Phi) is 4.50. The molecule has 5 heteroatoms. The standard InChI is InChI=1S/C12H23N5/c1-2-8-17-11(9-14-16-17)12(15-13)10-6-4-3-5-7-10/h9-10,12,15H,2-8,13H2,1H3. The molecule has 0 aliphatic heterocycles. The Morgan fingerprint density at radius 1 is 1.47 bits per heavy atom. The van der Waals surface area contributed by atoms with Gasteiger partial charge in [-0.05, 0) is 25.2 Å². The minimum Gasteiger partial charge on any atom is -0.271 e. The SMILES string of the molecule is CCCn1nncc1C(NN)C1CCCCC1. The fourth-order valence-electron chi connectivity index (χ4n) is 2.82. The van der Waals surface area contributed by atoms with Crippen LogP contribution in [0, 0.1) is 5.92 Å². The van der Waals surface area contributed by atoms with Gasteiger partial charge < -0.3 is 0 Å². The van der Waals surface area contributed by atoms with E-state index in [0.717, 1.165) is 18.7 Å². The number of rotatable bonds is 5. The summed E-state index contributed by atoms with van der Waals surface area (Å²) in [7, 11) is 0. The zero-order chi connectivity index (χ0) is 12.1. The monoisotopic (exact) mass is 237 g/mol. The van der Waals surface area contributed by atoms with Crippen LogP contribution in [0.2, 0.25) is 0 Å². The van der Waals surface area contributed by atoms with Crippen LogP contribution in [0.1, 0.15) is 57.2 Å². The summed E-state index contributed by atoms with van der Waals surface area (Å²) in [6, 6.07) is 0.205. The third kappa shape index (κ3) is 2.84. The van der Waals surface area contributed by atoms with Crippen LogP contribution in [-0.2, 0) is 6.54 Å². The molecule has 0 aromatic carbocycles. The van der Waals surface area contributed by atoms with Gasteiger partial charge in [0.15, 0.2) is 0 Å². The zero-order valence-electron chi connectivity index (χ0n) is 10.6. The van der Waals surface area contributed by atoms with Crippen LogP contribution in [0.15, 0.2) is 6.20 Å². The Labute approximate surface area is 103 Å². The fourth-order valence-corrected chi connectivity index (χ4v) is 2.82. The smallest absolute Gasteiger partial charge is 0.0772 e. The highest BCUT2D eigenvalue weighted by Gasteiger charge is 2.26. The molecule has 0 saturated heterocycles. The van der Waals surface area contributed by atoms with E-state index in [9.17, 15) is 0 Å². The Balaban J connectivity index is 2.12. The van der Waals surface area contributed by atoms with Gasteiger partial charge in [-0.3, -0.25) is 11.3 Å². The summed E-state index contributed by atoms with van der Waals surface area (Å²) in [6.07, 6.45) is 9.43. The van der Waals surface area contributed by atoms with E-state index in [1.165, 1.54) is 32.1 Å². The molecular formula is C12H23N5. The number of nitrogens with zero attached hydrogens (tertiary/aromatic N) is 3. The molecular weight excluding hydrogens is 214 g/mol. The van der Waals surface area contributed by atoms with Crippen molar-refractivity contribution >= 4 is 0 Å². The highest BCUT2D eigenvalue weighted by Crippen LogP contribution is 2.33. The van der Waals surface area contributed by atoms with Gasteiger partial charge in [0.2, 0.25) is 0 Å². The number of nitrogens with two attached hydrogens (primary N) is 1. The van der Waals surface area contributed by atoms with Gasteiger partial charge in [-0.2, -0.15) is 0 Å². The zero-order valence-corrected chi connectivity index (χ0v) is 10.6.